The number of aryl methyl sites for hydroxylation is 2. The molecule has 1 aromatic carbocycles. The molecule has 2 N–H and O–H groups in total. The zero-order valence-electron chi connectivity index (χ0n) is 12.8. The number of piperazine rings is 1. The Bertz CT molecular complexity index is 439. The zero-order chi connectivity index (χ0) is 14.1. The molecule has 1 unspecified atom stereocenters. The van der Waals surface area contributed by atoms with Crippen molar-refractivity contribution in [1.29, 1.82) is 0 Å². The lowest BCUT2D eigenvalue weighted by Gasteiger charge is -2.40. The van der Waals surface area contributed by atoms with E-state index < -0.39 is 0 Å². The first-order chi connectivity index (χ1) is 9.70. The van der Waals surface area contributed by atoms with Crippen LogP contribution < -0.4 is 5.73 Å². The summed E-state index contributed by atoms with van der Waals surface area (Å²) in [6.45, 7) is 9.89. The summed E-state index contributed by atoms with van der Waals surface area (Å²) in [7, 11) is 0. The van der Waals surface area contributed by atoms with Gasteiger partial charge in [0, 0.05) is 44.8 Å². The summed E-state index contributed by atoms with van der Waals surface area (Å²) in [6.07, 6.45) is 2.83. The van der Waals surface area contributed by atoms with Crippen LogP contribution in [0.2, 0.25) is 0 Å². The molecule has 0 aromatic heterocycles. The third-order valence-electron chi connectivity index (χ3n) is 4.95. The van der Waals surface area contributed by atoms with Crippen LogP contribution in [-0.4, -0.2) is 48.6 Å². The Morgan fingerprint density at radius 1 is 1.10 bits per heavy atom. The molecular formula is C17H27N3. The molecule has 0 spiro atoms. The number of hydrogen-bond acceptors (Lipinski definition) is 3. The molecule has 1 atom stereocenters. The predicted octanol–water partition coefficient (Wildman–Crippen LogP) is 2.08. The van der Waals surface area contributed by atoms with Crippen LogP contribution in [0.3, 0.4) is 0 Å². The minimum Gasteiger partial charge on any atom is -0.329 e. The minimum atomic E-state index is 0.387. The van der Waals surface area contributed by atoms with Crippen molar-refractivity contribution in [3.63, 3.8) is 0 Å². The molecule has 3 heteroatoms. The summed E-state index contributed by atoms with van der Waals surface area (Å²) in [6, 6.07) is 7.86. The molecule has 0 amide bonds. The highest BCUT2D eigenvalue weighted by atomic mass is 15.3. The average Bonchev–Trinajstić information content (AvgIpc) is 3.28. The first-order valence-corrected chi connectivity index (χ1v) is 7.95. The molecule has 1 aromatic rings. The Morgan fingerprint density at radius 3 is 2.20 bits per heavy atom. The number of nitrogens with zero attached hydrogens (tertiary/aromatic N) is 2. The smallest absolute Gasteiger partial charge is 0.0476 e. The Morgan fingerprint density at radius 2 is 1.70 bits per heavy atom. The fourth-order valence-electron chi connectivity index (χ4n) is 3.66. The van der Waals surface area contributed by atoms with Crippen LogP contribution >= 0.6 is 0 Å². The summed E-state index contributed by atoms with van der Waals surface area (Å²) in [5, 5.41) is 0. The maximum atomic E-state index is 6.12. The van der Waals surface area contributed by atoms with Crippen molar-refractivity contribution in [3.8, 4) is 0 Å². The van der Waals surface area contributed by atoms with Gasteiger partial charge >= 0.3 is 0 Å². The molecule has 2 aliphatic rings. The second-order valence-corrected chi connectivity index (χ2v) is 6.36. The Kier molecular flexibility index (Phi) is 4.11. The van der Waals surface area contributed by atoms with E-state index in [-0.39, 0.29) is 0 Å². The maximum absolute atomic E-state index is 6.12. The van der Waals surface area contributed by atoms with Gasteiger partial charge in [-0.25, -0.2) is 0 Å². The highest BCUT2D eigenvalue weighted by molar-refractivity contribution is 5.36. The largest absolute Gasteiger partial charge is 0.329 e. The lowest BCUT2D eigenvalue weighted by molar-refractivity contribution is 0.0934. The molecule has 3 nitrogen and oxygen atoms in total. The van der Waals surface area contributed by atoms with Gasteiger partial charge in [0.15, 0.2) is 0 Å². The number of hydrogen-bond donors (Lipinski definition) is 1. The molecule has 110 valence electrons. The number of rotatable bonds is 4. The monoisotopic (exact) mass is 273 g/mol. The van der Waals surface area contributed by atoms with Crippen LogP contribution in [-0.2, 0) is 0 Å². The maximum Gasteiger partial charge on any atom is 0.0476 e. The van der Waals surface area contributed by atoms with Gasteiger partial charge in [-0.15, -0.1) is 0 Å². The molecule has 1 aliphatic heterocycles. The van der Waals surface area contributed by atoms with Crippen LogP contribution in [0.1, 0.15) is 35.6 Å². The summed E-state index contributed by atoms with van der Waals surface area (Å²) < 4.78 is 0. The van der Waals surface area contributed by atoms with Crippen molar-refractivity contribution in [2.45, 2.75) is 38.8 Å². The van der Waals surface area contributed by atoms with Crippen LogP contribution in [0.25, 0.3) is 0 Å². The van der Waals surface area contributed by atoms with Gasteiger partial charge in [-0.2, -0.15) is 0 Å². The van der Waals surface area contributed by atoms with Gasteiger partial charge in [-0.3, -0.25) is 9.80 Å². The Balaban J connectivity index is 1.73. The molecule has 1 saturated heterocycles. The quantitative estimate of drug-likeness (QED) is 0.911. The average molecular weight is 273 g/mol. The Labute approximate surface area is 122 Å². The summed E-state index contributed by atoms with van der Waals surface area (Å²) >= 11 is 0. The highest BCUT2D eigenvalue weighted by Gasteiger charge is 2.33. The van der Waals surface area contributed by atoms with Crippen LogP contribution in [0.15, 0.2) is 18.2 Å². The van der Waals surface area contributed by atoms with Crippen LogP contribution in [0.4, 0.5) is 0 Å². The van der Waals surface area contributed by atoms with Gasteiger partial charge in [0.05, 0.1) is 0 Å². The van der Waals surface area contributed by atoms with E-state index in [4.69, 9.17) is 5.73 Å². The Hall–Kier alpha value is -0.900. The van der Waals surface area contributed by atoms with Gasteiger partial charge in [-0.05, 0) is 43.4 Å². The molecular weight excluding hydrogens is 246 g/mol. The van der Waals surface area contributed by atoms with E-state index in [0.29, 0.717) is 6.04 Å². The summed E-state index contributed by atoms with van der Waals surface area (Å²) in [5.41, 5.74) is 10.3. The lowest BCUT2D eigenvalue weighted by Crippen LogP contribution is -2.49. The van der Waals surface area contributed by atoms with E-state index in [1.807, 2.05) is 0 Å². The van der Waals surface area contributed by atoms with Crippen molar-refractivity contribution >= 4 is 0 Å². The molecule has 0 bridgehead atoms. The highest BCUT2D eigenvalue weighted by Crippen LogP contribution is 2.31. The van der Waals surface area contributed by atoms with E-state index in [1.54, 1.807) is 0 Å². The van der Waals surface area contributed by atoms with Crippen molar-refractivity contribution in [2.75, 3.05) is 32.7 Å². The van der Waals surface area contributed by atoms with Gasteiger partial charge in [0.1, 0.15) is 0 Å². The second kappa shape index (κ2) is 5.84. The van der Waals surface area contributed by atoms with E-state index in [9.17, 15) is 0 Å². The normalized spacial score (nSPS) is 22.9. The van der Waals surface area contributed by atoms with E-state index in [1.165, 1.54) is 42.6 Å². The number of benzene rings is 1. The topological polar surface area (TPSA) is 32.5 Å². The molecule has 1 heterocycles. The summed E-state index contributed by atoms with van der Waals surface area (Å²) in [4.78, 5) is 5.25. The van der Waals surface area contributed by atoms with Gasteiger partial charge < -0.3 is 5.73 Å². The molecule has 1 aliphatic carbocycles. The number of nitrogens with two attached hydrogens (primary N) is 1. The molecule has 20 heavy (non-hydrogen) atoms. The second-order valence-electron chi connectivity index (χ2n) is 6.36. The third-order valence-corrected chi connectivity index (χ3v) is 4.95. The van der Waals surface area contributed by atoms with E-state index in [0.717, 1.165) is 25.7 Å². The van der Waals surface area contributed by atoms with Crippen molar-refractivity contribution in [3.05, 3.63) is 34.9 Å². The first-order valence-electron chi connectivity index (χ1n) is 7.95. The third kappa shape index (κ3) is 2.76. The van der Waals surface area contributed by atoms with Crippen LogP contribution in [0.5, 0.6) is 0 Å². The fraction of sp³-hybridized carbons (Fsp3) is 0.647. The molecule has 1 saturated carbocycles. The van der Waals surface area contributed by atoms with Crippen molar-refractivity contribution < 1.29 is 0 Å². The summed E-state index contributed by atoms with van der Waals surface area (Å²) in [5.74, 6) is 0. The van der Waals surface area contributed by atoms with E-state index >= 15 is 0 Å². The molecule has 3 rings (SSSR count). The van der Waals surface area contributed by atoms with E-state index in [2.05, 4.69) is 41.8 Å². The van der Waals surface area contributed by atoms with Gasteiger partial charge in [0.2, 0.25) is 0 Å². The zero-order valence-corrected chi connectivity index (χ0v) is 12.8. The first kappa shape index (κ1) is 14.1. The molecule has 2 fully saturated rings. The van der Waals surface area contributed by atoms with Gasteiger partial charge in [0.25, 0.3) is 0 Å². The minimum absolute atomic E-state index is 0.387. The van der Waals surface area contributed by atoms with Crippen molar-refractivity contribution in [1.82, 2.24) is 9.80 Å². The SMILES string of the molecule is Cc1cccc(C)c1C(CN)N1CCN(C2CC2)CC1. The fourth-order valence-corrected chi connectivity index (χ4v) is 3.66. The predicted molar refractivity (Wildman–Crippen MR) is 83.9 cm³/mol. The lowest BCUT2D eigenvalue weighted by atomic mass is 9.94. The standard InChI is InChI=1S/C17H27N3/c1-13-4-3-5-14(2)17(13)16(12-18)20-10-8-19(9-11-20)15-6-7-15/h3-5,15-16H,6-12,18H2,1-2H3. The van der Waals surface area contributed by atoms with Gasteiger partial charge in [-0.1, -0.05) is 18.2 Å². The van der Waals surface area contributed by atoms with Crippen molar-refractivity contribution in [2.24, 2.45) is 5.73 Å². The molecule has 0 radical (unpaired) electrons. The van der Waals surface area contributed by atoms with Crippen LogP contribution in [0, 0.1) is 13.8 Å².